The van der Waals surface area contributed by atoms with Crippen LogP contribution in [0.3, 0.4) is 0 Å². The lowest BCUT2D eigenvalue weighted by atomic mass is 10.1. The number of nitrogens with two attached hydrogens (primary N) is 1. The minimum Gasteiger partial charge on any atom is -0.478 e. The van der Waals surface area contributed by atoms with Crippen molar-refractivity contribution >= 4 is 29.1 Å². The van der Waals surface area contributed by atoms with E-state index in [1.165, 1.54) is 25.7 Å². The largest absolute Gasteiger partial charge is 0.478 e. The fourth-order valence-corrected chi connectivity index (χ4v) is 3.54. The molecule has 0 atom stereocenters. The zero-order valence-corrected chi connectivity index (χ0v) is 11.9. The van der Waals surface area contributed by atoms with Gasteiger partial charge in [-0.15, -0.1) is 0 Å². The van der Waals surface area contributed by atoms with E-state index in [9.17, 15) is 9.90 Å². The van der Waals surface area contributed by atoms with Crippen molar-refractivity contribution in [3.05, 3.63) is 23.8 Å². The average Bonchev–Trinajstić information content (AvgIpc) is 2.85. The van der Waals surface area contributed by atoms with E-state index in [0.29, 0.717) is 11.4 Å². The summed E-state index contributed by atoms with van der Waals surface area (Å²) in [5, 5.41) is 12.5. The topological polar surface area (TPSA) is 75.3 Å². The molecule has 19 heavy (non-hydrogen) atoms. The lowest BCUT2D eigenvalue weighted by molar-refractivity contribution is 0.0698. The van der Waals surface area contributed by atoms with E-state index in [0.717, 1.165) is 6.54 Å². The molecule has 0 amide bonds. The molecule has 0 radical (unpaired) electrons. The number of hydrogen-bond donors (Lipinski definition) is 3. The monoisotopic (exact) mass is 280 g/mol. The van der Waals surface area contributed by atoms with E-state index < -0.39 is 5.97 Å². The smallest absolute Gasteiger partial charge is 0.337 e. The Morgan fingerprint density at radius 2 is 2.16 bits per heavy atom. The molecule has 0 aliphatic heterocycles. The molecular weight excluding hydrogens is 260 g/mol. The van der Waals surface area contributed by atoms with Crippen molar-refractivity contribution < 1.29 is 9.90 Å². The maximum Gasteiger partial charge on any atom is 0.337 e. The van der Waals surface area contributed by atoms with Gasteiger partial charge in [-0.1, -0.05) is 12.8 Å². The van der Waals surface area contributed by atoms with Gasteiger partial charge in [-0.05, 0) is 37.3 Å². The SMILES string of the molecule is CSC1(CNc2cc(N)ccc2C(=O)O)CCCC1. The highest BCUT2D eigenvalue weighted by Crippen LogP contribution is 2.40. The number of aromatic carboxylic acids is 1. The Morgan fingerprint density at radius 1 is 1.47 bits per heavy atom. The molecule has 4 nitrogen and oxygen atoms in total. The fourth-order valence-electron chi connectivity index (χ4n) is 2.62. The minimum atomic E-state index is -0.924. The van der Waals surface area contributed by atoms with E-state index in [1.54, 1.807) is 18.2 Å². The van der Waals surface area contributed by atoms with Crippen molar-refractivity contribution in [3.8, 4) is 0 Å². The van der Waals surface area contributed by atoms with Crippen LogP contribution in [0.2, 0.25) is 0 Å². The summed E-state index contributed by atoms with van der Waals surface area (Å²) in [7, 11) is 0. The number of carboxylic acids is 1. The van der Waals surface area contributed by atoms with E-state index in [4.69, 9.17) is 5.73 Å². The molecule has 5 heteroatoms. The van der Waals surface area contributed by atoms with Crippen LogP contribution in [0.5, 0.6) is 0 Å². The third kappa shape index (κ3) is 3.15. The molecule has 4 N–H and O–H groups in total. The summed E-state index contributed by atoms with van der Waals surface area (Å²) in [6.07, 6.45) is 7.01. The van der Waals surface area contributed by atoms with Crippen LogP contribution in [0, 0.1) is 0 Å². The van der Waals surface area contributed by atoms with Crippen molar-refractivity contribution in [1.82, 2.24) is 0 Å². The normalized spacial score (nSPS) is 17.3. The minimum absolute atomic E-state index is 0.236. The molecule has 1 aliphatic rings. The lowest BCUT2D eigenvalue weighted by Gasteiger charge is -2.28. The zero-order chi connectivity index (χ0) is 13.9. The van der Waals surface area contributed by atoms with Crippen molar-refractivity contribution in [3.63, 3.8) is 0 Å². The Hall–Kier alpha value is -1.36. The summed E-state index contributed by atoms with van der Waals surface area (Å²) in [6, 6.07) is 4.88. The summed E-state index contributed by atoms with van der Waals surface area (Å²) in [5.74, 6) is -0.924. The van der Waals surface area contributed by atoms with Gasteiger partial charge in [-0.3, -0.25) is 0 Å². The Balaban J connectivity index is 2.14. The van der Waals surface area contributed by atoms with Gasteiger partial charge in [0.2, 0.25) is 0 Å². The predicted molar refractivity (Wildman–Crippen MR) is 81.0 cm³/mol. The number of anilines is 2. The van der Waals surface area contributed by atoms with Gasteiger partial charge >= 0.3 is 5.97 Å². The molecule has 0 bridgehead atoms. The quantitative estimate of drug-likeness (QED) is 0.723. The molecule has 0 spiro atoms. The second kappa shape index (κ2) is 5.74. The fraction of sp³-hybridized carbons (Fsp3) is 0.500. The average molecular weight is 280 g/mol. The first kappa shape index (κ1) is 14.1. The number of thioether (sulfide) groups is 1. The maximum absolute atomic E-state index is 11.2. The molecular formula is C14H20N2O2S. The van der Waals surface area contributed by atoms with Crippen molar-refractivity contribution in [2.75, 3.05) is 23.9 Å². The van der Waals surface area contributed by atoms with Crippen molar-refractivity contribution in [1.29, 1.82) is 0 Å². The first-order chi connectivity index (χ1) is 9.06. The maximum atomic E-state index is 11.2. The molecule has 0 unspecified atom stereocenters. The Labute approximate surface area is 117 Å². The van der Waals surface area contributed by atoms with Crippen LogP contribution in [0.25, 0.3) is 0 Å². The van der Waals surface area contributed by atoms with Crippen LogP contribution in [0.1, 0.15) is 36.0 Å². The highest BCUT2D eigenvalue weighted by Gasteiger charge is 2.32. The number of nitrogen functional groups attached to an aromatic ring is 1. The number of carbonyl (C=O) groups is 1. The van der Waals surface area contributed by atoms with Gasteiger partial charge < -0.3 is 16.2 Å². The third-order valence-electron chi connectivity index (χ3n) is 3.82. The molecule has 1 fully saturated rings. The molecule has 0 aromatic heterocycles. The number of carboxylic acid groups (broad SMARTS) is 1. The van der Waals surface area contributed by atoms with Gasteiger partial charge in [0.1, 0.15) is 0 Å². The van der Waals surface area contributed by atoms with Gasteiger partial charge in [0.25, 0.3) is 0 Å². The second-order valence-corrected chi connectivity index (χ2v) is 6.33. The molecule has 1 saturated carbocycles. The van der Waals surface area contributed by atoms with Crippen LogP contribution in [0.4, 0.5) is 11.4 Å². The van der Waals surface area contributed by atoms with Crippen LogP contribution in [0.15, 0.2) is 18.2 Å². The molecule has 2 rings (SSSR count). The van der Waals surface area contributed by atoms with Gasteiger partial charge in [0.05, 0.1) is 11.3 Å². The van der Waals surface area contributed by atoms with E-state index in [-0.39, 0.29) is 10.3 Å². The number of rotatable bonds is 5. The molecule has 0 saturated heterocycles. The molecule has 1 aromatic rings. The third-order valence-corrected chi connectivity index (χ3v) is 5.24. The van der Waals surface area contributed by atoms with E-state index in [2.05, 4.69) is 11.6 Å². The number of nitrogens with one attached hydrogen (secondary N) is 1. The second-order valence-electron chi connectivity index (χ2n) is 5.06. The summed E-state index contributed by atoms with van der Waals surface area (Å²) in [4.78, 5) is 11.2. The summed E-state index contributed by atoms with van der Waals surface area (Å²) in [6.45, 7) is 0.790. The van der Waals surface area contributed by atoms with Gasteiger partial charge in [0, 0.05) is 17.0 Å². The van der Waals surface area contributed by atoms with Crippen molar-refractivity contribution in [2.24, 2.45) is 0 Å². The van der Waals surface area contributed by atoms with Gasteiger partial charge in [-0.25, -0.2) is 4.79 Å². The Morgan fingerprint density at radius 3 is 2.74 bits per heavy atom. The zero-order valence-electron chi connectivity index (χ0n) is 11.1. The van der Waals surface area contributed by atoms with Crippen LogP contribution >= 0.6 is 11.8 Å². The summed E-state index contributed by atoms with van der Waals surface area (Å²) < 4.78 is 0.236. The standard InChI is InChI=1S/C14H20N2O2S/c1-19-14(6-2-3-7-14)9-16-12-8-10(15)4-5-11(12)13(17)18/h4-5,8,16H,2-3,6-7,9,15H2,1H3,(H,17,18). The van der Waals surface area contributed by atoms with Crippen molar-refractivity contribution in [2.45, 2.75) is 30.4 Å². The Kier molecular flexibility index (Phi) is 4.24. The number of hydrogen-bond acceptors (Lipinski definition) is 4. The van der Waals surface area contributed by atoms with Crippen LogP contribution in [-0.2, 0) is 0 Å². The highest BCUT2D eigenvalue weighted by molar-refractivity contribution is 8.00. The van der Waals surface area contributed by atoms with Gasteiger partial charge in [0.15, 0.2) is 0 Å². The molecule has 1 aliphatic carbocycles. The van der Waals surface area contributed by atoms with Crippen LogP contribution < -0.4 is 11.1 Å². The predicted octanol–water partition coefficient (Wildman–Crippen LogP) is 3.05. The molecule has 1 aromatic carbocycles. The highest BCUT2D eigenvalue weighted by atomic mass is 32.2. The first-order valence-electron chi connectivity index (χ1n) is 6.48. The summed E-state index contributed by atoms with van der Waals surface area (Å²) in [5.41, 5.74) is 7.22. The van der Waals surface area contributed by atoms with Crippen LogP contribution in [-0.4, -0.2) is 28.6 Å². The lowest BCUT2D eigenvalue weighted by Crippen LogP contribution is -2.30. The van der Waals surface area contributed by atoms with E-state index in [1.807, 2.05) is 11.8 Å². The molecule has 0 heterocycles. The van der Waals surface area contributed by atoms with Gasteiger partial charge in [-0.2, -0.15) is 11.8 Å². The first-order valence-corrected chi connectivity index (χ1v) is 7.71. The summed E-state index contributed by atoms with van der Waals surface area (Å²) >= 11 is 1.88. The number of benzene rings is 1. The van der Waals surface area contributed by atoms with E-state index >= 15 is 0 Å². The Bertz CT molecular complexity index is 471. The molecule has 104 valence electrons.